The molecule has 0 heterocycles. The largest absolute Gasteiger partial charge is 0.481 e. The maximum Gasteiger partial charge on any atom is 0.385 e. The Morgan fingerprint density at radius 1 is 1.15 bits per heavy atom. The van der Waals surface area contributed by atoms with E-state index in [9.17, 15) is 20.0 Å². The smallest absolute Gasteiger partial charge is 0.385 e. The summed E-state index contributed by atoms with van der Waals surface area (Å²) in [6, 6.07) is 18.2. The first-order valence-electron chi connectivity index (χ1n) is 10.8. The molecule has 6 heteroatoms. The molecule has 174 valence electrons. The zero-order valence-electron chi connectivity index (χ0n) is 19.7. The molecule has 2 aromatic rings. The molecule has 6 nitrogen and oxygen atoms in total. The number of ether oxygens (including phenoxy) is 2. The highest BCUT2D eigenvalue weighted by atomic mass is 16.6. The fourth-order valence-electron chi connectivity index (χ4n) is 4.41. The van der Waals surface area contributed by atoms with E-state index in [1.807, 2.05) is 18.2 Å². The van der Waals surface area contributed by atoms with Crippen LogP contribution in [0.25, 0.3) is 0 Å². The molecule has 2 aromatic carbocycles. The van der Waals surface area contributed by atoms with Gasteiger partial charge in [0.15, 0.2) is 0 Å². The van der Waals surface area contributed by atoms with Gasteiger partial charge in [-0.25, -0.2) is 4.79 Å². The summed E-state index contributed by atoms with van der Waals surface area (Å²) in [7, 11) is 0. The van der Waals surface area contributed by atoms with Crippen LogP contribution in [0.5, 0.6) is 11.5 Å². The van der Waals surface area contributed by atoms with E-state index in [1.54, 1.807) is 64.1 Å². The van der Waals surface area contributed by atoms with E-state index >= 15 is 0 Å². The molecule has 1 saturated carbocycles. The van der Waals surface area contributed by atoms with Crippen molar-refractivity contribution in [2.45, 2.75) is 39.2 Å². The number of hydrogen-bond donors (Lipinski definition) is 1. The summed E-state index contributed by atoms with van der Waals surface area (Å²) in [5.41, 5.74) is -2.76. The second-order valence-corrected chi connectivity index (χ2v) is 9.35. The van der Waals surface area contributed by atoms with Crippen molar-refractivity contribution in [1.29, 1.82) is 5.26 Å². The van der Waals surface area contributed by atoms with E-state index in [1.165, 1.54) is 6.08 Å². The Kier molecular flexibility index (Phi) is 6.57. The Balaban J connectivity index is 1.95. The van der Waals surface area contributed by atoms with E-state index in [-0.39, 0.29) is 0 Å². The molecule has 3 rings (SSSR count). The maximum atomic E-state index is 12.6. The Morgan fingerprint density at radius 3 is 2.38 bits per heavy atom. The number of esters is 1. The molecular weight excluding hydrogens is 430 g/mol. The number of nitrogens with zero attached hydrogens (tertiary/aromatic N) is 1. The van der Waals surface area contributed by atoms with Crippen molar-refractivity contribution in [3.05, 3.63) is 72.8 Å². The lowest BCUT2D eigenvalue weighted by molar-refractivity contribution is -0.146. The molecule has 0 aliphatic heterocycles. The third-order valence-electron chi connectivity index (χ3n) is 6.43. The van der Waals surface area contributed by atoms with Gasteiger partial charge in [0.2, 0.25) is 0 Å². The van der Waals surface area contributed by atoms with Gasteiger partial charge in [0, 0.05) is 11.8 Å². The summed E-state index contributed by atoms with van der Waals surface area (Å²) < 4.78 is 11.1. The lowest BCUT2D eigenvalue weighted by Crippen LogP contribution is -2.29. The molecule has 34 heavy (non-hydrogen) atoms. The number of carboxylic acid groups (broad SMARTS) is 1. The van der Waals surface area contributed by atoms with Crippen LogP contribution in [0.4, 0.5) is 0 Å². The van der Waals surface area contributed by atoms with E-state index in [2.05, 4.69) is 24.5 Å². The standard InChI is InChI=1S/C28H27NO5/c1-6-26(2,3)34-24(30)16-15-23-27(4,5)28(23,25(31)32)22(18-29)19-11-10-14-21(17-19)33-20-12-8-7-9-13-20/h6-14,17,22-23H,1H2,2-5H3,(H,31,32)/t22-,23-,28+/m0/s1. The number of carboxylic acids is 1. The first-order valence-corrected chi connectivity index (χ1v) is 10.8. The zero-order valence-corrected chi connectivity index (χ0v) is 19.7. The summed E-state index contributed by atoms with van der Waals surface area (Å²) in [5.74, 6) is 2.64. The van der Waals surface area contributed by atoms with Gasteiger partial charge in [-0.15, -0.1) is 0 Å². The maximum absolute atomic E-state index is 12.6. The Hall–Kier alpha value is -4.03. The first-order chi connectivity index (χ1) is 16.0. The molecule has 1 aliphatic rings. The van der Waals surface area contributed by atoms with Gasteiger partial charge in [0.1, 0.15) is 22.5 Å². The second kappa shape index (κ2) is 9.08. The Labute approximate surface area is 199 Å². The Morgan fingerprint density at radius 2 is 1.79 bits per heavy atom. The molecule has 0 bridgehead atoms. The van der Waals surface area contributed by atoms with E-state index in [0.29, 0.717) is 17.1 Å². The number of nitriles is 1. The average Bonchev–Trinajstić information content (AvgIpc) is 3.29. The molecule has 1 N–H and O–H groups in total. The van der Waals surface area contributed by atoms with Gasteiger partial charge in [-0.1, -0.05) is 56.7 Å². The monoisotopic (exact) mass is 457 g/mol. The number of carbonyl (C=O) groups excluding carboxylic acids is 1. The Bertz CT molecular complexity index is 1210. The number of aliphatic carboxylic acids is 1. The predicted octanol–water partition coefficient (Wildman–Crippen LogP) is 5.32. The lowest BCUT2D eigenvalue weighted by Gasteiger charge is -2.22. The van der Waals surface area contributed by atoms with Crippen LogP contribution in [0.3, 0.4) is 0 Å². The van der Waals surface area contributed by atoms with Crippen molar-refractivity contribution in [3.8, 4) is 29.4 Å². The van der Waals surface area contributed by atoms with Gasteiger partial charge < -0.3 is 14.6 Å². The zero-order chi connectivity index (χ0) is 25.1. The van der Waals surface area contributed by atoms with Gasteiger partial charge in [0.25, 0.3) is 0 Å². The first kappa shape index (κ1) is 24.6. The summed E-state index contributed by atoms with van der Waals surface area (Å²) in [6.45, 7) is 10.4. The van der Waals surface area contributed by atoms with Crippen LogP contribution in [0, 0.1) is 39.9 Å². The van der Waals surface area contributed by atoms with Crippen LogP contribution < -0.4 is 4.74 Å². The number of hydrogen-bond acceptors (Lipinski definition) is 5. The van der Waals surface area contributed by atoms with Crippen LogP contribution in [0.15, 0.2) is 67.3 Å². The highest BCUT2D eigenvalue weighted by Crippen LogP contribution is 2.74. The van der Waals surface area contributed by atoms with E-state index in [4.69, 9.17) is 9.47 Å². The fourth-order valence-corrected chi connectivity index (χ4v) is 4.41. The minimum absolute atomic E-state index is 0.487. The van der Waals surface area contributed by atoms with Crippen LogP contribution in [0.1, 0.15) is 39.2 Å². The summed E-state index contributed by atoms with van der Waals surface area (Å²) in [6.07, 6.45) is 1.48. The van der Waals surface area contributed by atoms with Gasteiger partial charge >= 0.3 is 11.9 Å². The van der Waals surface area contributed by atoms with Crippen LogP contribution in [0.2, 0.25) is 0 Å². The molecule has 0 unspecified atom stereocenters. The van der Waals surface area contributed by atoms with Crippen molar-refractivity contribution in [3.63, 3.8) is 0 Å². The third-order valence-corrected chi connectivity index (χ3v) is 6.43. The molecular formula is C28H27NO5. The normalized spacial score (nSPS) is 21.1. The molecule has 0 spiro atoms. The second-order valence-electron chi connectivity index (χ2n) is 9.35. The predicted molar refractivity (Wildman–Crippen MR) is 127 cm³/mol. The quantitative estimate of drug-likeness (QED) is 0.261. The number of carbonyl (C=O) groups is 2. The molecule has 1 aliphatic carbocycles. The average molecular weight is 458 g/mol. The third kappa shape index (κ3) is 4.40. The minimum Gasteiger partial charge on any atom is -0.481 e. The van der Waals surface area contributed by atoms with Crippen LogP contribution >= 0.6 is 0 Å². The van der Waals surface area contributed by atoms with Crippen LogP contribution in [-0.4, -0.2) is 22.6 Å². The SMILES string of the molecule is C=CC(C)(C)OC(=O)C#C[C@H]1C(C)(C)[C@]1(C(=O)O)[C@@H](C#N)c1cccc(Oc2ccccc2)c1. The van der Waals surface area contributed by atoms with Crippen molar-refractivity contribution >= 4 is 11.9 Å². The molecule has 1 fully saturated rings. The number of para-hydroxylation sites is 1. The molecule has 0 radical (unpaired) electrons. The topological polar surface area (TPSA) is 96.6 Å². The lowest BCUT2D eigenvalue weighted by atomic mass is 9.78. The van der Waals surface area contributed by atoms with Gasteiger partial charge in [-0.05, 0) is 55.2 Å². The number of rotatable bonds is 7. The fraction of sp³-hybridized carbons (Fsp3) is 0.321. The van der Waals surface area contributed by atoms with Crippen LogP contribution in [-0.2, 0) is 14.3 Å². The highest BCUT2D eigenvalue weighted by Gasteiger charge is 2.79. The molecule has 3 atom stereocenters. The van der Waals surface area contributed by atoms with Crippen molar-refractivity contribution in [2.75, 3.05) is 0 Å². The summed E-state index contributed by atoms with van der Waals surface area (Å²) in [4.78, 5) is 24.8. The molecule has 0 amide bonds. The molecule has 0 aromatic heterocycles. The van der Waals surface area contributed by atoms with E-state index in [0.717, 1.165) is 0 Å². The van der Waals surface area contributed by atoms with Crippen molar-refractivity contribution < 1.29 is 24.2 Å². The summed E-state index contributed by atoms with van der Waals surface area (Å²) in [5, 5.41) is 20.4. The van der Waals surface area contributed by atoms with E-state index < -0.39 is 40.2 Å². The van der Waals surface area contributed by atoms with Crippen molar-refractivity contribution in [1.82, 2.24) is 0 Å². The molecule has 0 saturated heterocycles. The van der Waals surface area contributed by atoms with Crippen molar-refractivity contribution in [2.24, 2.45) is 16.7 Å². The van der Waals surface area contributed by atoms with Gasteiger partial charge in [0.05, 0.1) is 12.0 Å². The summed E-state index contributed by atoms with van der Waals surface area (Å²) >= 11 is 0. The van der Waals surface area contributed by atoms with Gasteiger partial charge in [-0.2, -0.15) is 5.26 Å². The minimum atomic E-state index is -1.51. The highest BCUT2D eigenvalue weighted by molar-refractivity contribution is 5.90. The van der Waals surface area contributed by atoms with Gasteiger partial charge in [-0.3, -0.25) is 4.79 Å². The number of benzene rings is 2.